The Balaban J connectivity index is 1.72. The standard InChI is InChI=1S/C18H22F3N3O2/c1-26-9-3-5-12-4-2-8-24(11-12)16(25)13-6-7-14-15(10-13)23-17(22-14)18(19,20)21/h6-7,10,12H,2-5,8-9,11H2,1H3,(H,22,23)/t12-/m1/s1. The van der Waals surface area contributed by atoms with Gasteiger partial charge in [-0.2, -0.15) is 13.2 Å². The van der Waals surface area contributed by atoms with Crippen LogP contribution < -0.4 is 0 Å². The van der Waals surface area contributed by atoms with Crippen molar-refractivity contribution in [1.29, 1.82) is 0 Å². The number of likely N-dealkylation sites (tertiary alicyclic amines) is 1. The SMILES string of the molecule is COCCC[C@H]1CCCN(C(=O)c2ccc3nc(C(F)(F)F)[nH]c3c2)C1. The number of rotatable bonds is 5. The maximum absolute atomic E-state index is 12.8. The number of fused-ring (bicyclic) bond motifs is 1. The maximum atomic E-state index is 12.8. The Labute approximate surface area is 149 Å². The van der Waals surface area contributed by atoms with Crippen LogP contribution in [-0.4, -0.2) is 47.6 Å². The van der Waals surface area contributed by atoms with Crippen molar-refractivity contribution in [3.8, 4) is 0 Å². The van der Waals surface area contributed by atoms with Crippen LogP contribution in [0.5, 0.6) is 0 Å². The molecule has 3 rings (SSSR count). The Morgan fingerprint density at radius 1 is 1.42 bits per heavy atom. The highest BCUT2D eigenvalue weighted by molar-refractivity contribution is 5.97. The van der Waals surface area contributed by atoms with Crippen molar-refractivity contribution in [3.63, 3.8) is 0 Å². The molecule has 0 bridgehead atoms. The van der Waals surface area contributed by atoms with E-state index in [-0.39, 0.29) is 16.9 Å². The third-order valence-electron chi connectivity index (χ3n) is 4.76. The molecule has 2 aromatic rings. The van der Waals surface area contributed by atoms with Gasteiger partial charge in [-0.05, 0) is 49.8 Å². The van der Waals surface area contributed by atoms with E-state index < -0.39 is 12.0 Å². The minimum atomic E-state index is -4.54. The maximum Gasteiger partial charge on any atom is 0.449 e. The van der Waals surface area contributed by atoms with E-state index in [0.717, 1.165) is 25.7 Å². The number of piperidine rings is 1. The van der Waals surface area contributed by atoms with Crippen LogP contribution in [-0.2, 0) is 10.9 Å². The largest absolute Gasteiger partial charge is 0.449 e. The highest BCUT2D eigenvalue weighted by atomic mass is 19.4. The monoisotopic (exact) mass is 369 g/mol. The summed E-state index contributed by atoms with van der Waals surface area (Å²) in [6.45, 7) is 2.06. The number of hydrogen-bond acceptors (Lipinski definition) is 3. The molecule has 1 aliphatic heterocycles. The molecule has 1 N–H and O–H groups in total. The Bertz CT molecular complexity index is 773. The summed E-state index contributed by atoms with van der Waals surface area (Å²) in [6.07, 6.45) is -0.545. The van der Waals surface area contributed by atoms with Gasteiger partial charge in [0, 0.05) is 32.4 Å². The Morgan fingerprint density at radius 2 is 2.23 bits per heavy atom. The summed E-state index contributed by atoms with van der Waals surface area (Å²) in [7, 11) is 1.67. The number of imidazole rings is 1. The highest BCUT2D eigenvalue weighted by Crippen LogP contribution is 2.29. The van der Waals surface area contributed by atoms with Crippen LogP contribution in [0.3, 0.4) is 0 Å². The number of ether oxygens (including phenoxy) is 1. The second-order valence-electron chi connectivity index (χ2n) is 6.71. The molecular weight excluding hydrogens is 347 g/mol. The molecule has 0 unspecified atom stereocenters. The van der Waals surface area contributed by atoms with Gasteiger partial charge in [-0.3, -0.25) is 4.79 Å². The number of nitrogens with zero attached hydrogens (tertiary/aromatic N) is 2. The van der Waals surface area contributed by atoms with Gasteiger partial charge in [0.05, 0.1) is 11.0 Å². The normalized spacial score (nSPS) is 18.5. The summed E-state index contributed by atoms with van der Waals surface area (Å²) in [5.74, 6) is -0.754. The molecule has 1 saturated heterocycles. The van der Waals surface area contributed by atoms with Gasteiger partial charge in [0.25, 0.3) is 5.91 Å². The van der Waals surface area contributed by atoms with Gasteiger partial charge >= 0.3 is 6.18 Å². The minimum absolute atomic E-state index is 0.147. The molecule has 1 aliphatic rings. The summed E-state index contributed by atoms with van der Waals surface area (Å²) in [5, 5.41) is 0. The number of alkyl halides is 3. The number of benzene rings is 1. The molecule has 26 heavy (non-hydrogen) atoms. The van der Waals surface area contributed by atoms with Crippen molar-refractivity contribution in [2.45, 2.75) is 31.9 Å². The zero-order valence-corrected chi connectivity index (χ0v) is 14.6. The second-order valence-corrected chi connectivity index (χ2v) is 6.71. The van der Waals surface area contributed by atoms with Crippen LogP contribution in [0.15, 0.2) is 18.2 Å². The van der Waals surface area contributed by atoms with Crippen molar-refractivity contribution in [1.82, 2.24) is 14.9 Å². The quantitative estimate of drug-likeness (QED) is 0.814. The number of aromatic nitrogens is 2. The number of halogens is 3. The predicted octanol–water partition coefficient (Wildman–Crippen LogP) is 3.86. The number of methoxy groups -OCH3 is 1. The average Bonchev–Trinajstić information content (AvgIpc) is 3.05. The number of hydrogen-bond donors (Lipinski definition) is 1. The molecule has 1 aromatic carbocycles. The lowest BCUT2D eigenvalue weighted by atomic mass is 9.93. The minimum Gasteiger partial charge on any atom is -0.385 e. The Morgan fingerprint density at radius 3 is 2.96 bits per heavy atom. The fraction of sp³-hybridized carbons (Fsp3) is 0.556. The third kappa shape index (κ3) is 4.17. The van der Waals surface area contributed by atoms with Crippen LogP contribution in [0.4, 0.5) is 13.2 Å². The van der Waals surface area contributed by atoms with Gasteiger partial charge in [-0.1, -0.05) is 0 Å². The molecule has 1 amide bonds. The second kappa shape index (κ2) is 7.65. The number of aromatic amines is 1. The van der Waals surface area contributed by atoms with Crippen LogP contribution in [0.2, 0.25) is 0 Å². The predicted molar refractivity (Wildman–Crippen MR) is 90.8 cm³/mol. The summed E-state index contributed by atoms with van der Waals surface area (Å²) < 4.78 is 43.4. The number of nitrogens with one attached hydrogen (secondary N) is 1. The van der Waals surface area contributed by atoms with E-state index in [0.29, 0.717) is 31.2 Å². The molecule has 0 saturated carbocycles. The highest BCUT2D eigenvalue weighted by Gasteiger charge is 2.35. The Hall–Kier alpha value is -2.09. The van der Waals surface area contributed by atoms with Crippen molar-refractivity contribution >= 4 is 16.9 Å². The number of H-pyrrole nitrogens is 1. The van der Waals surface area contributed by atoms with Crippen LogP contribution in [0.25, 0.3) is 11.0 Å². The zero-order chi connectivity index (χ0) is 18.7. The fourth-order valence-corrected chi connectivity index (χ4v) is 3.46. The Kier molecular flexibility index (Phi) is 5.50. The molecule has 0 aliphatic carbocycles. The van der Waals surface area contributed by atoms with Crippen molar-refractivity contribution < 1.29 is 22.7 Å². The van der Waals surface area contributed by atoms with E-state index in [1.165, 1.54) is 12.1 Å². The van der Waals surface area contributed by atoms with E-state index in [1.807, 2.05) is 0 Å². The molecule has 1 fully saturated rings. The first-order valence-electron chi connectivity index (χ1n) is 8.73. The molecule has 5 nitrogen and oxygen atoms in total. The van der Waals surface area contributed by atoms with E-state index in [9.17, 15) is 18.0 Å². The number of amides is 1. The number of carbonyl (C=O) groups is 1. The lowest BCUT2D eigenvalue weighted by molar-refractivity contribution is -0.144. The molecule has 1 aromatic heterocycles. The molecule has 1 atom stereocenters. The van der Waals surface area contributed by atoms with E-state index in [1.54, 1.807) is 18.1 Å². The van der Waals surface area contributed by atoms with Crippen molar-refractivity contribution in [2.24, 2.45) is 5.92 Å². The van der Waals surface area contributed by atoms with Crippen molar-refractivity contribution in [3.05, 3.63) is 29.6 Å². The van der Waals surface area contributed by atoms with Gasteiger partial charge in [-0.15, -0.1) is 0 Å². The van der Waals surface area contributed by atoms with Crippen LogP contribution in [0.1, 0.15) is 41.9 Å². The average molecular weight is 369 g/mol. The van der Waals surface area contributed by atoms with Crippen LogP contribution >= 0.6 is 0 Å². The van der Waals surface area contributed by atoms with Gasteiger partial charge in [-0.25, -0.2) is 4.98 Å². The van der Waals surface area contributed by atoms with Gasteiger partial charge in [0.15, 0.2) is 0 Å². The van der Waals surface area contributed by atoms with Crippen molar-refractivity contribution in [2.75, 3.05) is 26.8 Å². The number of carbonyl (C=O) groups excluding carboxylic acids is 1. The summed E-state index contributed by atoms with van der Waals surface area (Å²) in [4.78, 5) is 20.4. The first-order chi connectivity index (χ1) is 12.4. The van der Waals surface area contributed by atoms with Crippen LogP contribution in [0, 0.1) is 5.92 Å². The molecule has 142 valence electrons. The first-order valence-corrected chi connectivity index (χ1v) is 8.73. The van der Waals surface area contributed by atoms with Gasteiger partial charge in [0.1, 0.15) is 0 Å². The smallest absolute Gasteiger partial charge is 0.385 e. The lowest BCUT2D eigenvalue weighted by Gasteiger charge is -2.33. The van der Waals surface area contributed by atoms with Gasteiger partial charge < -0.3 is 14.6 Å². The summed E-state index contributed by atoms with van der Waals surface area (Å²) in [6, 6.07) is 4.45. The molecule has 0 spiro atoms. The molecule has 8 heteroatoms. The molecule has 0 radical (unpaired) electrons. The zero-order valence-electron chi connectivity index (χ0n) is 14.6. The van der Waals surface area contributed by atoms with Gasteiger partial charge in [0.2, 0.25) is 5.82 Å². The third-order valence-corrected chi connectivity index (χ3v) is 4.76. The lowest BCUT2D eigenvalue weighted by Crippen LogP contribution is -2.40. The van der Waals surface area contributed by atoms with E-state index in [4.69, 9.17) is 4.74 Å². The molecule has 2 heterocycles. The fourth-order valence-electron chi connectivity index (χ4n) is 3.46. The first kappa shape index (κ1) is 18.7. The summed E-state index contributed by atoms with van der Waals surface area (Å²) >= 11 is 0. The topological polar surface area (TPSA) is 58.2 Å². The summed E-state index contributed by atoms with van der Waals surface area (Å²) in [5.41, 5.74) is 0.800. The van der Waals surface area contributed by atoms with E-state index >= 15 is 0 Å². The van der Waals surface area contributed by atoms with E-state index in [2.05, 4.69) is 9.97 Å². The molecular formula is C18H22F3N3O2.